The summed E-state index contributed by atoms with van der Waals surface area (Å²) in [5.74, 6) is 0. The number of benzene rings is 1. The predicted molar refractivity (Wildman–Crippen MR) is 75.7 cm³/mol. The number of fused-ring (bicyclic) bond motifs is 1. The number of allylic oxidation sites excluding steroid dienone is 2. The standard InChI is InChI=1S/C15H16N4/c1-2-13(12-19-10-8-16-17-19)11-18-9-7-14-5-3-4-6-15(14)18/h2-10H,11-12H2,1H3/b13-2-. The molecule has 96 valence electrons. The van der Waals surface area contributed by atoms with Crippen molar-refractivity contribution in [3.63, 3.8) is 0 Å². The molecule has 2 heterocycles. The zero-order valence-electron chi connectivity index (χ0n) is 10.9. The Balaban J connectivity index is 1.83. The van der Waals surface area contributed by atoms with Crippen LogP contribution >= 0.6 is 0 Å². The summed E-state index contributed by atoms with van der Waals surface area (Å²) in [4.78, 5) is 0. The molecule has 0 saturated heterocycles. The van der Waals surface area contributed by atoms with Crippen LogP contribution in [0.4, 0.5) is 0 Å². The number of hydrogen-bond donors (Lipinski definition) is 0. The molecule has 0 atom stereocenters. The van der Waals surface area contributed by atoms with Gasteiger partial charge in [-0.15, -0.1) is 5.10 Å². The van der Waals surface area contributed by atoms with E-state index in [0.717, 1.165) is 13.1 Å². The third-order valence-electron chi connectivity index (χ3n) is 3.30. The molecule has 2 aromatic heterocycles. The molecule has 1 aromatic carbocycles. The van der Waals surface area contributed by atoms with E-state index >= 15 is 0 Å². The van der Waals surface area contributed by atoms with Crippen LogP contribution in [0.5, 0.6) is 0 Å². The zero-order chi connectivity index (χ0) is 13.1. The molecule has 0 aliphatic heterocycles. The first-order valence-corrected chi connectivity index (χ1v) is 6.39. The fraction of sp³-hybridized carbons (Fsp3) is 0.200. The minimum atomic E-state index is 0.781. The van der Waals surface area contributed by atoms with Crippen molar-refractivity contribution < 1.29 is 0 Å². The summed E-state index contributed by atoms with van der Waals surface area (Å²) in [5, 5.41) is 9.12. The molecule has 4 nitrogen and oxygen atoms in total. The SMILES string of the molecule is C/C=C(\Cn1ccnn1)Cn1ccc2ccccc21. The van der Waals surface area contributed by atoms with Crippen LogP contribution in [0.15, 0.2) is 60.6 Å². The summed E-state index contributed by atoms with van der Waals surface area (Å²) >= 11 is 0. The van der Waals surface area contributed by atoms with Crippen LogP contribution in [0, 0.1) is 0 Å². The molecular formula is C15H16N4. The summed E-state index contributed by atoms with van der Waals surface area (Å²) in [7, 11) is 0. The average Bonchev–Trinajstić information content (AvgIpc) is 3.08. The summed E-state index contributed by atoms with van der Waals surface area (Å²) in [6, 6.07) is 10.6. The van der Waals surface area contributed by atoms with Gasteiger partial charge in [-0.3, -0.25) is 0 Å². The zero-order valence-corrected chi connectivity index (χ0v) is 10.9. The number of nitrogens with zero attached hydrogens (tertiary/aromatic N) is 4. The highest BCUT2D eigenvalue weighted by Gasteiger charge is 2.04. The largest absolute Gasteiger partial charge is 0.343 e. The topological polar surface area (TPSA) is 35.6 Å². The van der Waals surface area contributed by atoms with Crippen LogP contribution in [-0.2, 0) is 13.1 Å². The second kappa shape index (κ2) is 5.10. The van der Waals surface area contributed by atoms with Gasteiger partial charge < -0.3 is 4.57 Å². The van der Waals surface area contributed by atoms with Gasteiger partial charge in [-0.05, 0) is 30.0 Å². The molecule has 0 aliphatic rings. The van der Waals surface area contributed by atoms with Crippen molar-refractivity contribution in [2.24, 2.45) is 0 Å². The first kappa shape index (κ1) is 11.7. The number of hydrogen-bond acceptors (Lipinski definition) is 2. The Hall–Kier alpha value is -2.36. The highest BCUT2D eigenvalue weighted by Crippen LogP contribution is 2.16. The van der Waals surface area contributed by atoms with E-state index in [9.17, 15) is 0 Å². The normalized spacial score (nSPS) is 12.2. The molecule has 0 N–H and O–H groups in total. The second-order valence-electron chi connectivity index (χ2n) is 4.55. The van der Waals surface area contributed by atoms with Crippen LogP contribution in [0.1, 0.15) is 6.92 Å². The van der Waals surface area contributed by atoms with Gasteiger partial charge in [0, 0.05) is 24.5 Å². The molecule has 0 fully saturated rings. The molecular weight excluding hydrogens is 236 g/mol. The summed E-state index contributed by atoms with van der Waals surface area (Å²) in [5.41, 5.74) is 2.58. The molecule has 4 heteroatoms. The smallest absolute Gasteiger partial charge is 0.0693 e. The average molecular weight is 252 g/mol. The first-order valence-electron chi connectivity index (χ1n) is 6.39. The lowest BCUT2D eigenvalue weighted by molar-refractivity contribution is 0.611. The number of para-hydroxylation sites is 1. The van der Waals surface area contributed by atoms with E-state index in [1.54, 1.807) is 6.20 Å². The first-order chi connectivity index (χ1) is 9.36. The van der Waals surface area contributed by atoms with Crippen LogP contribution in [0.25, 0.3) is 10.9 Å². The fourth-order valence-electron chi connectivity index (χ4n) is 2.25. The third kappa shape index (κ3) is 2.42. The van der Waals surface area contributed by atoms with Gasteiger partial charge >= 0.3 is 0 Å². The second-order valence-corrected chi connectivity index (χ2v) is 4.55. The van der Waals surface area contributed by atoms with Crippen LogP contribution in [0.2, 0.25) is 0 Å². The predicted octanol–water partition coefficient (Wildman–Crippen LogP) is 2.88. The maximum absolute atomic E-state index is 4.01. The summed E-state index contributed by atoms with van der Waals surface area (Å²) < 4.78 is 4.11. The number of rotatable bonds is 4. The van der Waals surface area contributed by atoms with Crippen molar-refractivity contribution >= 4 is 10.9 Å². The van der Waals surface area contributed by atoms with Crippen LogP contribution in [-0.4, -0.2) is 19.6 Å². The van der Waals surface area contributed by atoms with Gasteiger partial charge in [-0.2, -0.15) is 0 Å². The Bertz CT molecular complexity index is 692. The fourth-order valence-corrected chi connectivity index (χ4v) is 2.25. The van der Waals surface area contributed by atoms with Crippen LogP contribution in [0.3, 0.4) is 0 Å². The van der Waals surface area contributed by atoms with Crippen molar-refractivity contribution in [3.8, 4) is 0 Å². The molecule has 0 unspecified atom stereocenters. The van der Waals surface area contributed by atoms with E-state index in [2.05, 4.69) is 64.4 Å². The minimum absolute atomic E-state index is 0.781. The van der Waals surface area contributed by atoms with E-state index in [1.165, 1.54) is 16.5 Å². The Labute approximate surface area is 112 Å². The minimum Gasteiger partial charge on any atom is -0.343 e. The van der Waals surface area contributed by atoms with Crippen molar-refractivity contribution in [1.29, 1.82) is 0 Å². The highest BCUT2D eigenvalue weighted by atomic mass is 15.4. The van der Waals surface area contributed by atoms with E-state index in [1.807, 2.05) is 10.9 Å². The van der Waals surface area contributed by atoms with Crippen molar-refractivity contribution in [3.05, 3.63) is 60.6 Å². The van der Waals surface area contributed by atoms with E-state index in [-0.39, 0.29) is 0 Å². The Morgan fingerprint density at radius 2 is 2.05 bits per heavy atom. The van der Waals surface area contributed by atoms with Gasteiger partial charge in [0.2, 0.25) is 0 Å². The molecule has 3 rings (SSSR count). The molecule has 0 aliphatic carbocycles. The molecule has 0 spiro atoms. The van der Waals surface area contributed by atoms with Gasteiger partial charge in [-0.1, -0.05) is 29.5 Å². The lowest BCUT2D eigenvalue weighted by Crippen LogP contribution is -2.08. The van der Waals surface area contributed by atoms with Gasteiger partial charge in [0.05, 0.1) is 12.7 Å². The van der Waals surface area contributed by atoms with Crippen molar-refractivity contribution in [1.82, 2.24) is 19.6 Å². The molecule has 0 saturated carbocycles. The van der Waals surface area contributed by atoms with Crippen molar-refractivity contribution in [2.75, 3.05) is 0 Å². The van der Waals surface area contributed by atoms with E-state index in [0.29, 0.717) is 0 Å². The molecule has 3 aromatic rings. The van der Waals surface area contributed by atoms with E-state index in [4.69, 9.17) is 0 Å². The van der Waals surface area contributed by atoms with Gasteiger partial charge in [0.1, 0.15) is 0 Å². The van der Waals surface area contributed by atoms with Gasteiger partial charge in [0.25, 0.3) is 0 Å². The van der Waals surface area contributed by atoms with Crippen molar-refractivity contribution in [2.45, 2.75) is 20.0 Å². The Kier molecular flexibility index (Phi) is 3.14. The number of aromatic nitrogens is 4. The monoisotopic (exact) mass is 252 g/mol. The lowest BCUT2D eigenvalue weighted by atomic mass is 10.2. The maximum atomic E-state index is 4.01. The summed E-state index contributed by atoms with van der Waals surface area (Å²) in [6.45, 7) is 3.73. The highest BCUT2D eigenvalue weighted by molar-refractivity contribution is 5.79. The molecule has 0 amide bonds. The maximum Gasteiger partial charge on any atom is 0.0693 e. The van der Waals surface area contributed by atoms with Crippen LogP contribution < -0.4 is 0 Å². The van der Waals surface area contributed by atoms with Gasteiger partial charge in [0.15, 0.2) is 0 Å². The van der Waals surface area contributed by atoms with Gasteiger partial charge in [-0.25, -0.2) is 4.68 Å². The molecule has 19 heavy (non-hydrogen) atoms. The molecule has 0 bridgehead atoms. The lowest BCUT2D eigenvalue weighted by Gasteiger charge is -2.09. The molecule has 0 radical (unpaired) electrons. The third-order valence-corrected chi connectivity index (χ3v) is 3.30. The summed E-state index contributed by atoms with van der Waals surface area (Å²) in [6.07, 6.45) is 7.88. The quantitative estimate of drug-likeness (QED) is 0.669. The Morgan fingerprint density at radius 3 is 2.84 bits per heavy atom. The van der Waals surface area contributed by atoms with E-state index < -0.39 is 0 Å². The Morgan fingerprint density at radius 1 is 1.16 bits per heavy atom.